The average Bonchev–Trinajstić information content (AvgIpc) is 3.23. The first-order valence-corrected chi connectivity index (χ1v) is 9.74. The van der Waals surface area contributed by atoms with Gasteiger partial charge in [0.25, 0.3) is 0 Å². The van der Waals surface area contributed by atoms with E-state index in [0.717, 1.165) is 34.5 Å². The van der Waals surface area contributed by atoms with Crippen LogP contribution in [0.2, 0.25) is 0 Å². The Hall–Kier alpha value is -2.89. The molecule has 0 spiro atoms. The Balaban J connectivity index is 0.00000256. The molecule has 0 aromatic heterocycles. The fourth-order valence-electron chi connectivity index (χ4n) is 3.57. The van der Waals surface area contributed by atoms with Crippen molar-refractivity contribution < 1.29 is 13.9 Å². The third-order valence-corrected chi connectivity index (χ3v) is 5.21. The van der Waals surface area contributed by atoms with Gasteiger partial charge in [-0.2, -0.15) is 0 Å². The fourth-order valence-corrected chi connectivity index (χ4v) is 3.57. The zero-order valence-corrected chi connectivity index (χ0v) is 17.3. The number of ether oxygens (including phenoxy) is 1. The van der Waals surface area contributed by atoms with Crippen LogP contribution in [0.25, 0.3) is 0 Å². The van der Waals surface area contributed by atoms with E-state index in [2.05, 4.69) is 0 Å². The van der Waals surface area contributed by atoms with E-state index < -0.39 is 6.04 Å². The Morgan fingerprint density at radius 2 is 1.80 bits per heavy atom. The number of carbonyl (C=O) groups excluding carboxylic acids is 1. The summed E-state index contributed by atoms with van der Waals surface area (Å²) in [5.41, 5.74) is 9.94. The van der Waals surface area contributed by atoms with E-state index >= 15 is 0 Å². The van der Waals surface area contributed by atoms with Gasteiger partial charge in [-0.25, -0.2) is 4.39 Å². The Morgan fingerprint density at radius 1 is 1.07 bits per heavy atom. The van der Waals surface area contributed by atoms with E-state index in [0.29, 0.717) is 19.6 Å². The summed E-state index contributed by atoms with van der Waals surface area (Å²) in [4.78, 5) is 15.1. The molecular weight excluding hydrogens is 403 g/mol. The number of nitrogens with two attached hydrogens (primary N) is 1. The molecular formula is C24H24ClFN2O2. The average molecular weight is 427 g/mol. The maximum atomic E-state index is 13.3. The third-order valence-electron chi connectivity index (χ3n) is 5.21. The Kier molecular flexibility index (Phi) is 7.08. The molecule has 0 radical (unpaired) electrons. The molecule has 0 fully saturated rings. The highest BCUT2D eigenvalue weighted by molar-refractivity contribution is 5.97. The lowest BCUT2D eigenvalue weighted by molar-refractivity contribution is -0.120. The zero-order chi connectivity index (χ0) is 20.2. The molecule has 0 aliphatic carbocycles. The highest BCUT2D eigenvalue weighted by Gasteiger charge is 2.25. The number of anilines is 1. The number of halogens is 2. The van der Waals surface area contributed by atoms with Gasteiger partial charge in [0.05, 0.1) is 6.61 Å². The molecule has 1 unspecified atom stereocenters. The number of hydrogen-bond donors (Lipinski definition) is 1. The molecule has 1 amide bonds. The van der Waals surface area contributed by atoms with Crippen LogP contribution in [0.4, 0.5) is 10.1 Å². The minimum atomic E-state index is -0.756. The van der Waals surface area contributed by atoms with Crippen LogP contribution >= 0.6 is 12.4 Å². The lowest BCUT2D eigenvalue weighted by Crippen LogP contribution is -2.40. The van der Waals surface area contributed by atoms with Crippen molar-refractivity contribution >= 4 is 24.0 Å². The second-order valence-electron chi connectivity index (χ2n) is 7.15. The largest absolute Gasteiger partial charge is 0.493 e. The number of benzene rings is 3. The molecule has 1 heterocycles. The molecule has 0 saturated heterocycles. The van der Waals surface area contributed by atoms with Gasteiger partial charge in [0.15, 0.2) is 0 Å². The number of carbonyl (C=O) groups is 1. The monoisotopic (exact) mass is 426 g/mol. The van der Waals surface area contributed by atoms with Crippen molar-refractivity contribution in [3.05, 3.63) is 95.3 Å². The molecule has 4 nitrogen and oxygen atoms in total. The van der Waals surface area contributed by atoms with Crippen LogP contribution in [0.3, 0.4) is 0 Å². The fraction of sp³-hybridized carbons (Fsp3) is 0.208. The topological polar surface area (TPSA) is 55.6 Å². The summed E-state index contributed by atoms with van der Waals surface area (Å²) in [7, 11) is 0. The molecule has 1 aliphatic heterocycles. The van der Waals surface area contributed by atoms with E-state index in [9.17, 15) is 9.18 Å². The third kappa shape index (κ3) is 4.81. The van der Waals surface area contributed by atoms with Crippen LogP contribution in [0.1, 0.15) is 22.7 Å². The van der Waals surface area contributed by atoms with Crippen LogP contribution in [-0.4, -0.2) is 19.1 Å². The first-order valence-electron chi connectivity index (χ1n) is 9.74. The van der Waals surface area contributed by atoms with E-state index in [1.54, 1.807) is 17.0 Å². The van der Waals surface area contributed by atoms with E-state index in [-0.39, 0.29) is 24.1 Å². The lowest BCUT2D eigenvalue weighted by atomic mass is 10.0. The SMILES string of the molecule is Cl.NC(C(=O)N(CCc1ccc(F)cc1)c1ccc2c(c1)CCO2)c1ccccc1. The summed E-state index contributed by atoms with van der Waals surface area (Å²) in [5.74, 6) is 0.427. The van der Waals surface area contributed by atoms with Crippen molar-refractivity contribution in [1.82, 2.24) is 0 Å². The first-order chi connectivity index (χ1) is 14.1. The van der Waals surface area contributed by atoms with Crippen molar-refractivity contribution in [2.75, 3.05) is 18.1 Å². The Bertz CT molecular complexity index is 996. The van der Waals surface area contributed by atoms with Gasteiger partial charge >= 0.3 is 0 Å². The van der Waals surface area contributed by atoms with Crippen LogP contribution in [0.15, 0.2) is 72.8 Å². The smallest absolute Gasteiger partial charge is 0.248 e. The molecule has 3 aromatic rings. The van der Waals surface area contributed by atoms with Gasteiger partial charge in [0, 0.05) is 18.7 Å². The summed E-state index contributed by atoms with van der Waals surface area (Å²) < 4.78 is 18.8. The summed E-state index contributed by atoms with van der Waals surface area (Å²) >= 11 is 0. The van der Waals surface area contributed by atoms with Gasteiger partial charge in [-0.05, 0) is 53.4 Å². The van der Waals surface area contributed by atoms with Crippen molar-refractivity contribution in [2.24, 2.45) is 5.73 Å². The summed E-state index contributed by atoms with van der Waals surface area (Å²) in [6.07, 6.45) is 1.43. The maximum absolute atomic E-state index is 13.3. The molecule has 156 valence electrons. The molecule has 3 aromatic carbocycles. The van der Waals surface area contributed by atoms with Crippen LogP contribution < -0.4 is 15.4 Å². The molecule has 1 aliphatic rings. The minimum Gasteiger partial charge on any atom is -0.493 e. The van der Waals surface area contributed by atoms with E-state index in [1.165, 1.54) is 12.1 Å². The van der Waals surface area contributed by atoms with E-state index in [4.69, 9.17) is 10.5 Å². The van der Waals surface area contributed by atoms with Crippen LogP contribution in [0.5, 0.6) is 5.75 Å². The van der Waals surface area contributed by atoms with Gasteiger partial charge in [-0.3, -0.25) is 4.79 Å². The minimum absolute atomic E-state index is 0. The molecule has 30 heavy (non-hydrogen) atoms. The second kappa shape index (κ2) is 9.74. The Labute approximate surface area is 181 Å². The molecule has 4 rings (SSSR count). The number of nitrogens with zero attached hydrogens (tertiary/aromatic N) is 1. The lowest BCUT2D eigenvalue weighted by Gasteiger charge is -2.26. The molecule has 1 atom stereocenters. The normalized spacial score (nSPS) is 13.0. The maximum Gasteiger partial charge on any atom is 0.248 e. The molecule has 2 N–H and O–H groups in total. The number of rotatable bonds is 6. The molecule has 6 heteroatoms. The first kappa shape index (κ1) is 21.8. The van der Waals surface area contributed by atoms with E-state index in [1.807, 2.05) is 48.5 Å². The standard InChI is InChI=1S/C24H23FN2O2.ClH/c25-20-8-6-17(7-9-20)12-14-27(21-10-11-22-19(16-21)13-15-29-22)24(28)23(26)18-4-2-1-3-5-18;/h1-11,16,23H,12-15,26H2;1H. The van der Waals surface area contributed by atoms with Gasteiger partial charge in [0.2, 0.25) is 5.91 Å². The molecule has 0 saturated carbocycles. The number of fused-ring (bicyclic) bond motifs is 1. The van der Waals surface area contributed by atoms with Crippen LogP contribution in [0, 0.1) is 5.82 Å². The highest BCUT2D eigenvalue weighted by Crippen LogP contribution is 2.30. The van der Waals surface area contributed by atoms with Crippen molar-refractivity contribution in [1.29, 1.82) is 0 Å². The summed E-state index contributed by atoms with van der Waals surface area (Å²) in [6, 6.07) is 20.8. The second-order valence-corrected chi connectivity index (χ2v) is 7.15. The van der Waals surface area contributed by atoms with Crippen molar-refractivity contribution in [2.45, 2.75) is 18.9 Å². The summed E-state index contributed by atoms with van der Waals surface area (Å²) in [5, 5.41) is 0. The zero-order valence-electron chi connectivity index (χ0n) is 16.5. The highest BCUT2D eigenvalue weighted by atomic mass is 35.5. The number of amides is 1. The quantitative estimate of drug-likeness (QED) is 0.633. The Morgan fingerprint density at radius 3 is 2.53 bits per heavy atom. The summed E-state index contributed by atoms with van der Waals surface area (Å²) in [6.45, 7) is 1.11. The van der Waals surface area contributed by atoms with Gasteiger partial charge < -0.3 is 15.4 Å². The predicted octanol–water partition coefficient (Wildman–Crippen LogP) is 4.46. The number of hydrogen-bond acceptors (Lipinski definition) is 3. The van der Waals surface area contributed by atoms with Crippen molar-refractivity contribution in [3.8, 4) is 5.75 Å². The van der Waals surface area contributed by atoms with Crippen LogP contribution in [-0.2, 0) is 17.6 Å². The van der Waals surface area contributed by atoms with Gasteiger partial charge in [-0.1, -0.05) is 42.5 Å². The van der Waals surface area contributed by atoms with Gasteiger partial charge in [-0.15, -0.1) is 12.4 Å². The van der Waals surface area contributed by atoms with Gasteiger partial charge in [0.1, 0.15) is 17.6 Å². The molecule has 0 bridgehead atoms. The van der Waals surface area contributed by atoms with Crippen molar-refractivity contribution in [3.63, 3.8) is 0 Å². The predicted molar refractivity (Wildman–Crippen MR) is 119 cm³/mol.